The zero-order chi connectivity index (χ0) is 67.3. The standard InChI is InChI=1S/C34H40ClNO4Si.C27H37NO3Si.C11H8ClNO4.CH3F.CH4.ClH/c1-5-39-31(37)22-30(36-33(38)23-16-18-24(35)19-17-23)32-28-20-25(21-29(28)32)40-41(34(2,3)4,26-12-8-6-9-13-26)27-14-10-7-11-15-27;1-5-30-25(29)18-24(28)26-22-16-19(17-23(22)26)31-32(27(2,3)4,20-12-8-6-9-13-20)21-14-10-7-11-15-21;12-8-3-1-7(2-4-8)11(16)17-13-9(14)5-6-10(13)15;1-2;;/h6-19,25,28-30,32H,5,20-22H2,1-4H3,(H,36,38);6-15,19,22-24,26H,5,16-18,28H2,1-4H3;1-4H,5-6H2;1H3;1H4;1H/t25?,28-,29+,30?,32?;19?,22-,23+,24?,26?;;;;/i;;;1D;;. The lowest BCUT2D eigenvalue weighted by molar-refractivity contribution is -0.172. The molecule has 3 amide bonds. The van der Waals surface area contributed by atoms with Crippen LogP contribution in [0.5, 0.6) is 0 Å². The topological polar surface area (TPSA) is 190 Å². The summed E-state index contributed by atoms with van der Waals surface area (Å²) in [5, 5.41) is 9.86. The maximum Gasteiger partial charge on any atom is 0.363 e. The van der Waals surface area contributed by atoms with Gasteiger partial charge < -0.3 is 34.2 Å². The number of benzene rings is 6. The second-order valence-corrected chi connectivity index (χ2v) is 35.7. The molecule has 1 aliphatic heterocycles. The van der Waals surface area contributed by atoms with Crippen LogP contribution >= 0.6 is 35.6 Å². The van der Waals surface area contributed by atoms with Crippen LogP contribution in [0.1, 0.15) is 136 Å². The Balaban J connectivity index is 0.000000234. The van der Waals surface area contributed by atoms with Crippen LogP contribution in [0.15, 0.2) is 170 Å². The van der Waals surface area contributed by atoms with Gasteiger partial charge in [0.25, 0.3) is 34.4 Å². The highest BCUT2D eigenvalue weighted by Gasteiger charge is 2.63. The molecule has 4 aliphatic carbocycles. The molecule has 6 unspecified atom stereocenters. The van der Waals surface area contributed by atoms with Crippen LogP contribution in [0.2, 0.25) is 20.1 Å². The fourth-order valence-corrected chi connectivity index (χ4v) is 24.1. The van der Waals surface area contributed by atoms with Crippen molar-refractivity contribution in [3.8, 4) is 0 Å². The van der Waals surface area contributed by atoms with Crippen LogP contribution in [0.3, 0.4) is 0 Å². The molecule has 94 heavy (non-hydrogen) atoms. The van der Waals surface area contributed by atoms with E-state index >= 15 is 0 Å². The smallest absolute Gasteiger partial charge is 0.363 e. The Hall–Kier alpha value is -6.55. The van der Waals surface area contributed by atoms with Gasteiger partial charge in [-0.05, 0) is 154 Å². The van der Waals surface area contributed by atoms with Crippen LogP contribution in [-0.4, -0.2) is 102 Å². The molecule has 0 spiro atoms. The maximum atomic E-state index is 13.1. The number of esters is 2. The lowest BCUT2D eigenvalue weighted by Crippen LogP contribution is -2.67. The number of carbonyl (C=O) groups excluding carboxylic acids is 6. The third-order valence-corrected chi connectivity index (χ3v) is 29.2. The highest BCUT2D eigenvalue weighted by Crippen LogP contribution is 2.62. The van der Waals surface area contributed by atoms with Gasteiger partial charge in [0.1, 0.15) is 0 Å². The van der Waals surface area contributed by atoms with E-state index in [-0.39, 0.29) is 103 Å². The Kier molecular flexibility index (Phi) is 27.0. The van der Waals surface area contributed by atoms with Crippen molar-refractivity contribution in [1.29, 1.82) is 0 Å². The third kappa shape index (κ3) is 17.9. The number of nitrogens with one attached hydrogen (secondary N) is 1. The van der Waals surface area contributed by atoms with Gasteiger partial charge in [0, 0.05) is 52.7 Å². The molecule has 20 heteroatoms. The van der Waals surface area contributed by atoms with Crippen molar-refractivity contribution in [3.05, 3.63) is 191 Å². The second kappa shape index (κ2) is 33.9. The molecule has 0 aromatic heterocycles. The number of carbonyl (C=O) groups is 6. The Bertz CT molecular complexity index is 3350. The van der Waals surface area contributed by atoms with Crippen LogP contribution in [-0.2, 0) is 42.3 Å². The van der Waals surface area contributed by atoms with Gasteiger partial charge in [0.15, 0.2) is 0 Å². The highest BCUT2D eigenvalue weighted by molar-refractivity contribution is 7.00. The minimum atomic E-state index is -2.64. The summed E-state index contributed by atoms with van der Waals surface area (Å²) in [7, 11) is -6.15. The molecule has 5 fully saturated rings. The zero-order valence-electron chi connectivity index (χ0n) is 55.3. The van der Waals surface area contributed by atoms with Crippen LogP contribution < -0.4 is 31.8 Å². The average Bonchev–Trinajstić information content (AvgIpc) is 1.68. The first-order chi connectivity index (χ1) is 44.4. The first-order valence-electron chi connectivity index (χ1n) is 32.5. The predicted molar refractivity (Wildman–Crippen MR) is 377 cm³/mol. The van der Waals surface area contributed by atoms with Crippen molar-refractivity contribution in [1.82, 2.24) is 10.4 Å². The highest BCUT2D eigenvalue weighted by atomic mass is 35.5. The number of hydroxylamine groups is 2. The van der Waals surface area contributed by atoms with E-state index in [0.717, 1.165) is 25.7 Å². The third-order valence-electron chi connectivity index (χ3n) is 18.5. The molecule has 0 radical (unpaired) electrons. The van der Waals surface area contributed by atoms with Crippen LogP contribution in [0.25, 0.3) is 0 Å². The number of fused-ring (bicyclic) bond motifs is 2. The number of amides is 3. The van der Waals surface area contributed by atoms with E-state index in [0.29, 0.717) is 69.9 Å². The SMILES string of the molecule is C.CCOC(=O)CC(N)C1[C@H]2CC(O[Si](c3ccccc3)(c3ccccc3)C(C)(C)C)C[C@@H]12.CCOC(=O)CC(NC(=O)c1ccc(Cl)cc1)C1[C@H]2CC(O[Si](c3ccccc3)(c3ccccc3)C(C)(C)C)C[C@@H]12.Cl.O=C(ON1C(=O)CCC1=O)c1ccc(Cl)cc1.[2H]CF. The van der Waals surface area contributed by atoms with Gasteiger partial charge in [-0.15, -0.1) is 17.5 Å². The molecule has 6 aromatic carbocycles. The van der Waals surface area contributed by atoms with Crippen molar-refractivity contribution < 1.29 is 57.7 Å². The van der Waals surface area contributed by atoms with Gasteiger partial charge in [0.05, 0.1) is 40.1 Å². The van der Waals surface area contributed by atoms with Crippen molar-refractivity contribution in [3.63, 3.8) is 0 Å². The van der Waals surface area contributed by atoms with Crippen molar-refractivity contribution in [2.45, 2.75) is 149 Å². The number of hydrogen-bond donors (Lipinski definition) is 2. The molecular formula is C74H93Cl3FN3O11Si2. The van der Waals surface area contributed by atoms with Gasteiger partial charge >= 0.3 is 17.9 Å². The number of nitrogens with zero attached hydrogens (tertiary/aromatic N) is 1. The summed E-state index contributed by atoms with van der Waals surface area (Å²) in [5.41, 5.74) is 7.15. The first kappa shape index (κ1) is 74.8. The van der Waals surface area contributed by atoms with Crippen LogP contribution in [0.4, 0.5) is 4.39 Å². The van der Waals surface area contributed by atoms with Gasteiger partial charge in [-0.1, -0.05) is 193 Å². The fraction of sp³-hybridized carbons (Fsp3) is 0.432. The van der Waals surface area contributed by atoms with E-state index < -0.39 is 41.6 Å². The largest absolute Gasteiger partial charge is 0.466 e. The maximum absolute atomic E-state index is 13.1. The van der Waals surface area contributed by atoms with Crippen molar-refractivity contribution in [2.24, 2.45) is 41.2 Å². The quantitative estimate of drug-likeness (QED) is 0.0418. The van der Waals surface area contributed by atoms with E-state index in [1.807, 2.05) is 6.92 Å². The Labute approximate surface area is 574 Å². The van der Waals surface area contributed by atoms with Gasteiger partial charge in [-0.25, -0.2) is 4.79 Å². The minimum absolute atomic E-state index is 0. The number of nitrogens with two attached hydrogens (primary N) is 1. The van der Waals surface area contributed by atoms with Gasteiger partial charge in [0.2, 0.25) is 0 Å². The molecule has 5 aliphatic rings. The van der Waals surface area contributed by atoms with E-state index in [1.165, 1.54) is 45.0 Å². The normalized spacial score (nSPS) is 21.5. The molecule has 4 saturated carbocycles. The number of halogens is 4. The van der Waals surface area contributed by atoms with Gasteiger partial charge in [-0.3, -0.25) is 28.4 Å². The summed E-state index contributed by atoms with van der Waals surface area (Å²) in [4.78, 5) is 76.2. The molecule has 10 atom stereocenters. The van der Waals surface area contributed by atoms with Gasteiger partial charge in [-0.2, -0.15) is 0 Å². The number of hydrogen-bond acceptors (Lipinski definition) is 12. The Morgan fingerprint density at radius 2 is 0.904 bits per heavy atom. The van der Waals surface area contributed by atoms with Crippen LogP contribution in [0, 0.1) is 35.5 Å². The molecule has 506 valence electrons. The summed E-state index contributed by atoms with van der Waals surface area (Å²) < 4.78 is 40.6. The summed E-state index contributed by atoms with van der Waals surface area (Å²) in [6.45, 7) is 18.3. The summed E-state index contributed by atoms with van der Waals surface area (Å²) in [5.74, 6) is 0.203. The summed E-state index contributed by atoms with van der Waals surface area (Å²) >= 11 is 11.7. The predicted octanol–water partition coefficient (Wildman–Crippen LogP) is 13.1. The lowest BCUT2D eigenvalue weighted by atomic mass is 9.99. The zero-order valence-corrected chi connectivity index (χ0v) is 58.6. The van der Waals surface area contributed by atoms with Crippen molar-refractivity contribution >= 4 is 109 Å². The number of rotatable bonds is 20. The van der Waals surface area contributed by atoms with E-state index in [9.17, 15) is 33.2 Å². The average molecular weight is 1380 g/mol. The number of imide groups is 1. The lowest BCUT2D eigenvalue weighted by Gasteiger charge is -2.45. The molecule has 0 bridgehead atoms. The number of ether oxygens (including phenoxy) is 2. The molecule has 11 rings (SSSR count). The van der Waals surface area contributed by atoms with E-state index in [1.54, 1.807) is 31.2 Å². The monoisotopic (exact) mass is 1380 g/mol. The summed E-state index contributed by atoms with van der Waals surface area (Å²) in [6, 6.07) is 55.6. The molecule has 3 N–H and O–H groups in total. The molecule has 6 aromatic rings. The van der Waals surface area contributed by atoms with Crippen molar-refractivity contribution in [2.75, 3.05) is 20.4 Å². The second-order valence-electron chi connectivity index (χ2n) is 26.3. The molecule has 14 nitrogen and oxygen atoms in total. The molecule has 1 heterocycles. The Morgan fingerprint density at radius 1 is 0.574 bits per heavy atom. The molecular weight excluding hydrogens is 1290 g/mol. The Morgan fingerprint density at radius 3 is 1.24 bits per heavy atom. The van der Waals surface area contributed by atoms with E-state index in [2.05, 4.69) is 168 Å². The van der Waals surface area contributed by atoms with E-state index in [4.69, 9.17) is 53.5 Å². The minimum Gasteiger partial charge on any atom is -0.466 e. The number of alkyl halides is 1. The summed E-state index contributed by atoms with van der Waals surface area (Å²) in [6.07, 6.45) is 4.94. The fourth-order valence-electron chi connectivity index (χ4n) is 14.5. The molecule has 1 saturated heterocycles. The first-order valence-corrected chi connectivity index (χ1v) is 36.4.